The van der Waals surface area contributed by atoms with Gasteiger partial charge in [-0.25, -0.2) is 9.97 Å². The summed E-state index contributed by atoms with van der Waals surface area (Å²) in [4.78, 5) is 8.94. The highest BCUT2D eigenvalue weighted by Crippen LogP contribution is 2.21. The molecule has 2 heterocycles. The predicted octanol–water partition coefficient (Wildman–Crippen LogP) is 2.67. The number of hydrogen-bond acceptors (Lipinski definition) is 3. The van der Waals surface area contributed by atoms with E-state index < -0.39 is 0 Å². The van der Waals surface area contributed by atoms with Crippen LogP contribution in [-0.4, -0.2) is 26.2 Å². The first-order valence-corrected chi connectivity index (χ1v) is 6.82. The molecule has 0 amide bonds. The topological polar surface area (TPSA) is 50.9 Å². The number of pyridine rings is 1. The van der Waals surface area contributed by atoms with E-state index in [4.69, 9.17) is 11.6 Å². The number of hydrogen-bond donors (Lipinski definition) is 1. The van der Waals surface area contributed by atoms with Gasteiger partial charge in [-0.2, -0.15) is 0 Å². The van der Waals surface area contributed by atoms with Crippen LogP contribution in [0.15, 0.2) is 42.6 Å². The van der Waals surface area contributed by atoms with Crippen LogP contribution >= 0.6 is 11.6 Å². The van der Waals surface area contributed by atoms with Crippen LogP contribution in [-0.2, 0) is 13.0 Å². The molecule has 0 saturated heterocycles. The van der Waals surface area contributed by atoms with E-state index in [0.29, 0.717) is 13.0 Å². The van der Waals surface area contributed by atoms with E-state index >= 15 is 0 Å². The van der Waals surface area contributed by atoms with Crippen molar-refractivity contribution in [3.63, 3.8) is 0 Å². The fraction of sp³-hybridized carbons (Fsp3) is 0.200. The van der Waals surface area contributed by atoms with Crippen LogP contribution in [0.2, 0.25) is 5.02 Å². The molecule has 1 N–H and O–H groups in total. The van der Waals surface area contributed by atoms with E-state index in [-0.39, 0.29) is 6.61 Å². The molecule has 2 aromatic heterocycles. The van der Waals surface area contributed by atoms with Gasteiger partial charge < -0.3 is 9.67 Å². The van der Waals surface area contributed by atoms with Crippen molar-refractivity contribution in [1.29, 1.82) is 0 Å². The van der Waals surface area contributed by atoms with Crippen LogP contribution < -0.4 is 0 Å². The zero-order chi connectivity index (χ0) is 13.9. The second kappa shape index (κ2) is 5.61. The minimum Gasteiger partial charge on any atom is -0.395 e. The number of rotatable bonds is 4. The summed E-state index contributed by atoms with van der Waals surface area (Å²) in [5.41, 5.74) is 2.65. The van der Waals surface area contributed by atoms with Gasteiger partial charge in [0.25, 0.3) is 0 Å². The molecule has 0 aliphatic carbocycles. The van der Waals surface area contributed by atoms with Crippen LogP contribution in [0.3, 0.4) is 0 Å². The van der Waals surface area contributed by atoms with E-state index in [1.165, 1.54) is 0 Å². The molecule has 3 rings (SSSR count). The van der Waals surface area contributed by atoms with Crippen molar-refractivity contribution < 1.29 is 5.11 Å². The van der Waals surface area contributed by atoms with E-state index in [1.54, 1.807) is 6.20 Å². The summed E-state index contributed by atoms with van der Waals surface area (Å²) in [6, 6.07) is 11.5. The molecule has 0 fully saturated rings. The van der Waals surface area contributed by atoms with Crippen molar-refractivity contribution in [1.82, 2.24) is 14.5 Å². The second-order valence-corrected chi connectivity index (χ2v) is 4.92. The van der Waals surface area contributed by atoms with E-state index in [0.717, 1.165) is 27.6 Å². The quantitative estimate of drug-likeness (QED) is 0.803. The van der Waals surface area contributed by atoms with Crippen molar-refractivity contribution >= 4 is 22.8 Å². The van der Waals surface area contributed by atoms with Crippen LogP contribution in [0.1, 0.15) is 11.4 Å². The zero-order valence-electron chi connectivity index (χ0n) is 10.8. The molecular formula is C15H14ClN3O. The van der Waals surface area contributed by atoms with Gasteiger partial charge in [-0.3, -0.25) is 0 Å². The van der Waals surface area contributed by atoms with E-state index in [9.17, 15) is 5.11 Å². The highest BCUT2D eigenvalue weighted by atomic mass is 35.5. The van der Waals surface area contributed by atoms with E-state index in [1.807, 2.05) is 41.0 Å². The van der Waals surface area contributed by atoms with Gasteiger partial charge in [-0.15, -0.1) is 0 Å². The van der Waals surface area contributed by atoms with Crippen LogP contribution in [0, 0.1) is 0 Å². The molecule has 0 aliphatic heterocycles. The average molecular weight is 288 g/mol. The Bertz CT molecular complexity index is 739. The number of benzene rings is 1. The first-order valence-electron chi connectivity index (χ1n) is 6.44. The van der Waals surface area contributed by atoms with Crippen molar-refractivity contribution in [3.8, 4) is 0 Å². The number of nitrogens with zero attached hydrogens (tertiary/aromatic N) is 3. The lowest BCUT2D eigenvalue weighted by Crippen LogP contribution is -2.08. The lowest BCUT2D eigenvalue weighted by molar-refractivity contribution is 0.276. The number of aliphatic hydroxyl groups excluding tert-OH is 1. The Hall–Kier alpha value is -1.91. The van der Waals surface area contributed by atoms with Gasteiger partial charge >= 0.3 is 0 Å². The fourth-order valence-electron chi connectivity index (χ4n) is 2.29. The molecule has 0 saturated carbocycles. The molecule has 0 spiro atoms. The maximum Gasteiger partial charge on any atom is 0.160 e. The smallest absolute Gasteiger partial charge is 0.160 e. The second-order valence-electron chi connectivity index (χ2n) is 4.52. The largest absolute Gasteiger partial charge is 0.395 e. The Morgan fingerprint density at radius 2 is 2.00 bits per heavy atom. The van der Waals surface area contributed by atoms with Crippen LogP contribution in [0.5, 0.6) is 0 Å². The maximum absolute atomic E-state index is 9.24. The Balaban J connectivity index is 2.06. The predicted molar refractivity (Wildman–Crippen MR) is 78.9 cm³/mol. The summed E-state index contributed by atoms with van der Waals surface area (Å²) in [6.45, 7) is 0.533. The number of aliphatic hydroxyl groups is 1. The summed E-state index contributed by atoms with van der Waals surface area (Å²) in [5, 5.41) is 9.97. The lowest BCUT2D eigenvalue weighted by Gasteiger charge is -2.07. The van der Waals surface area contributed by atoms with Crippen molar-refractivity contribution in [2.24, 2.45) is 0 Å². The zero-order valence-corrected chi connectivity index (χ0v) is 11.6. The third-order valence-electron chi connectivity index (χ3n) is 3.21. The molecule has 0 bridgehead atoms. The molecule has 4 nitrogen and oxygen atoms in total. The standard InChI is InChI=1S/C15H14ClN3O/c16-12-5-2-1-4-11(12)10-14-18-13-6-3-7-17-15(13)19(14)8-9-20/h1-7,20H,8-10H2. The average Bonchev–Trinajstić information content (AvgIpc) is 2.80. The molecule has 0 unspecified atom stereocenters. The van der Waals surface area contributed by atoms with Gasteiger partial charge in [0.1, 0.15) is 11.3 Å². The third kappa shape index (κ3) is 2.40. The third-order valence-corrected chi connectivity index (χ3v) is 3.58. The minimum atomic E-state index is 0.0531. The van der Waals surface area contributed by atoms with Crippen molar-refractivity contribution in [2.75, 3.05) is 6.61 Å². The summed E-state index contributed by atoms with van der Waals surface area (Å²) >= 11 is 6.20. The first kappa shape index (κ1) is 13.1. The summed E-state index contributed by atoms with van der Waals surface area (Å²) in [6.07, 6.45) is 2.35. The summed E-state index contributed by atoms with van der Waals surface area (Å²) in [5.74, 6) is 0.862. The van der Waals surface area contributed by atoms with Gasteiger partial charge in [0.2, 0.25) is 0 Å². The van der Waals surface area contributed by atoms with Crippen LogP contribution in [0.4, 0.5) is 0 Å². The molecule has 3 aromatic rings. The first-order chi connectivity index (χ1) is 9.79. The van der Waals surface area contributed by atoms with Crippen LogP contribution in [0.25, 0.3) is 11.2 Å². The number of fused-ring (bicyclic) bond motifs is 1. The Labute approximate surface area is 121 Å². The van der Waals surface area contributed by atoms with Crippen molar-refractivity contribution in [2.45, 2.75) is 13.0 Å². The molecule has 5 heteroatoms. The SMILES string of the molecule is OCCn1c(Cc2ccccc2Cl)nc2cccnc21. The molecule has 0 aliphatic rings. The van der Waals surface area contributed by atoms with E-state index in [2.05, 4.69) is 9.97 Å². The molecular weight excluding hydrogens is 274 g/mol. The summed E-state index contributed by atoms with van der Waals surface area (Å²) < 4.78 is 1.94. The monoisotopic (exact) mass is 287 g/mol. The lowest BCUT2D eigenvalue weighted by atomic mass is 10.1. The van der Waals surface area contributed by atoms with Gasteiger partial charge in [0.05, 0.1) is 6.61 Å². The Morgan fingerprint density at radius 1 is 1.15 bits per heavy atom. The normalized spacial score (nSPS) is 11.1. The Morgan fingerprint density at radius 3 is 2.80 bits per heavy atom. The molecule has 1 aromatic carbocycles. The Kier molecular flexibility index (Phi) is 3.67. The molecule has 0 atom stereocenters. The van der Waals surface area contributed by atoms with Crippen molar-refractivity contribution in [3.05, 3.63) is 59.0 Å². The molecule has 102 valence electrons. The molecule has 0 radical (unpaired) electrons. The maximum atomic E-state index is 9.24. The summed E-state index contributed by atoms with van der Waals surface area (Å²) in [7, 11) is 0. The molecule has 20 heavy (non-hydrogen) atoms. The fourth-order valence-corrected chi connectivity index (χ4v) is 2.49. The van der Waals surface area contributed by atoms with Gasteiger partial charge in [-0.05, 0) is 23.8 Å². The van der Waals surface area contributed by atoms with Gasteiger partial charge in [0, 0.05) is 24.2 Å². The highest BCUT2D eigenvalue weighted by Gasteiger charge is 2.12. The van der Waals surface area contributed by atoms with Gasteiger partial charge in [-0.1, -0.05) is 29.8 Å². The highest BCUT2D eigenvalue weighted by molar-refractivity contribution is 6.31. The number of halogens is 1. The number of imidazole rings is 1. The van der Waals surface area contributed by atoms with Gasteiger partial charge in [0.15, 0.2) is 5.65 Å². The minimum absolute atomic E-state index is 0.0531. The number of aromatic nitrogens is 3.